The number of nitrogens with zero attached hydrogens (tertiary/aromatic N) is 5. The van der Waals surface area contributed by atoms with E-state index in [9.17, 15) is 19.5 Å². The van der Waals surface area contributed by atoms with Gasteiger partial charge in [0.15, 0.2) is 0 Å². The van der Waals surface area contributed by atoms with Crippen molar-refractivity contribution in [2.45, 2.75) is 83.3 Å². The predicted octanol–water partition coefficient (Wildman–Crippen LogP) is 2.53. The van der Waals surface area contributed by atoms with E-state index >= 15 is 0 Å². The SMILES string of the molecule is C=CCN(Cn1nnc2ccccc21)C(=O)C1N([C@@H](CO)CC(C)C)C(=O)[C@@H]2[C@@H](C(=O)OCC)[C@@]3(CC)CCC12O3. The average molecular weight is 568 g/mol. The molecule has 222 valence electrons. The summed E-state index contributed by atoms with van der Waals surface area (Å²) in [5.41, 5.74) is -0.624. The first-order chi connectivity index (χ1) is 19.7. The molecule has 2 aromatic rings. The Balaban J connectivity index is 1.60. The standard InChI is InChI=1S/C30H41N5O6/c1-6-15-33(18-34-22-12-10-9-11-21(22)31-32-34)27(38)25-30-14-13-29(7-2,41-30)24(28(39)40-8-3)23(30)26(37)35(25)20(17-36)16-19(4)5/h6,9-12,19-20,23-25,36H,1,7-8,13-18H2,2-5H3/t20-,23+,24+,25?,29-,30?/m1/s1. The Hall–Kier alpha value is -3.31. The second-order valence-electron chi connectivity index (χ2n) is 11.9. The number of hydrogen-bond acceptors (Lipinski definition) is 8. The Kier molecular flexibility index (Phi) is 7.95. The minimum atomic E-state index is -1.21. The number of ether oxygens (including phenoxy) is 2. The molecular weight excluding hydrogens is 526 g/mol. The largest absolute Gasteiger partial charge is 0.466 e. The molecule has 0 aliphatic carbocycles. The first kappa shape index (κ1) is 29.2. The Morgan fingerprint density at radius 3 is 2.71 bits per heavy atom. The third-order valence-corrected chi connectivity index (χ3v) is 9.13. The van der Waals surface area contributed by atoms with Crippen LogP contribution in [0, 0.1) is 17.8 Å². The number of benzene rings is 1. The monoisotopic (exact) mass is 567 g/mol. The summed E-state index contributed by atoms with van der Waals surface area (Å²) in [4.78, 5) is 45.7. The van der Waals surface area contributed by atoms with Crippen molar-refractivity contribution in [3.8, 4) is 0 Å². The number of aliphatic hydroxyl groups is 1. The summed E-state index contributed by atoms with van der Waals surface area (Å²) in [6.45, 7) is 11.7. The molecule has 3 aliphatic heterocycles. The van der Waals surface area contributed by atoms with E-state index in [0.717, 1.165) is 5.52 Å². The molecule has 4 heterocycles. The summed E-state index contributed by atoms with van der Waals surface area (Å²) in [5, 5.41) is 19.0. The Labute approximate surface area is 240 Å². The fraction of sp³-hybridized carbons (Fsp3) is 0.633. The number of rotatable bonds is 12. The number of aliphatic hydroxyl groups excluding tert-OH is 1. The van der Waals surface area contributed by atoms with E-state index in [1.165, 1.54) is 4.90 Å². The summed E-state index contributed by atoms with van der Waals surface area (Å²) in [6.07, 6.45) is 3.63. The lowest BCUT2D eigenvalue weighted by Gasteiger charge is -2.40. The van der Waals surface area contributed by atoms with Gasteiger partial charge in [-0.1, -0.05) is 44.2 Å². The van der Waals surface area contributed by atoms with Crippen LogP contribution in [0.5, 0.6) is 0 Å². The van der Waals surface area contributed by atoms with Crippen molar-refractivity contribution in [1.82, 2.24) is 24.8 Å². The molecule has 2 bridgehead atoms. The van der Waals surface area contributed by atoms with E-state index in [1.807, 2.05) is 45.0 Å². The van der Waals surface area contributed by atoms with Crippen molar-refractivity contribution >= 4 is 28.8 Å². The number of aromatic nitrogens is 3. The van der Waals surface area contributed by atoms with Gasteiger partial charge in [0, 0.05) is 6.54 Å². The Morgan fingerprint density at radius 2 is 2.05 bits per heavy atom. The van der Waals surface area contributed by atoms with Crippen LogP contribution in [0.25, 0.3) is 11.0 Å². The average Bonchev–Trinajstić information content (AvgIpc) is 3.68. The number of hydrogen-bond donors (Lipinski definition) is 1. The number of para-hydroxylation sites is 1. The van der Waals surface area contributed by atoms with E-state index in [4.69, 9.17) is 9.47 Å². The van der Waals surface area contributed by atoms with Crippen molar-refractivity contribution in [1.29, 1.82) is 0 Å². The van der Waals surface area contributed by atoms with Crippen LogP contribution < -0.4 is 0 Å². The number of fused-ring (bicyclic) bond motifs is 2. The molecule has 41 heavy (non-hydrogen) atoms. The summed E-state index contributed by atoms with van der Waals surface area (Å²) < 4.78 is 13.9. The van der Waals surface area contributed by atoms with Crippen molar-refractivity contribution in [3.05, 3.63) is 36.9 Å². The highest BCUT2D eigenvalue weighted by Crippen LogP contribution is 2.65. The van der Waals surface area contributed by atoms with Gasteiger partial charge in [0.25, 0.3) is 0 Å². The lowest BCUT2D eigenvalue weighted by atomic mass is 9.65. The van der Waals surface area contributed by atoms with Crippen LogP contribution in [-0.4, -0.2) is 90.7 Å². The third kappa shape index (κ3) is 4.53. The van der Waals surface area contributed by atoms with Crippen molar-refractivity contribution < 1.29 is 29.0 Å². The molecule has 3 aliphatic rings. The molecule has 1 aromatic heterocycles. The molecule has 0 saturated carbocycles. The zero-order valence-electron chi connectivity index (χ0n) is 24.4. The molecule has 11 heteroatoms. The number of carbonyl (C=O) groups excluding carboxylic acids is 3. The van der Waals surface area contributed by atoms with Gasteiger partial charge in [-0.05, 0) is 50.7 Å². The Bertz CT molecular complexity index is 1330. The number of esters is 1. The van der Waals surface area contributed by atoms with Crippen molar-refractivity contribution in [2.24, 2.45) is 17.8 Å². The first-order valence-electron chi connectivity index (χ1n) is 14.7. The van der Waals surface area contributed by atoms with Gasteiger partial charge in [0.2, 0.25) is 11.8 Å². The van der Waals surface area contributed by atoms with Crippen LogP contribution >= 0.6 is 0 Å². The molecule has 1 N–H and O–H groups in total. The fourth-order valence-corrected chi connectivity index (χ4v) is 7.47. The number of likely N-dealkylation sites (tertiary alicyclic amines) is 1. The van der Waals surface area contributed by atoms with Crippen LogP contribution in [0.2, 0.25) is 0 Å². The molecule has 3 saturated heterocycles. The molecule has 2 amide bonds. The zero-order chi connectivity index (χ0) is 29.5. The summed E-state index contributed by atoms with van der Waals surface area (Å²) in [7, 11) is 0. The molecule has 11 nitrogen and oxygen atoms in total. The van der Waals surface area contributed by atoms with Gasteiger partial charge >= 0.3 is 5.97 Å². The molecule has 3 fully saturated rings. The van der Waals surface area contributed by atoms with E-state index < -0.39 is 41.1 Å². The van der Waals surface area contributed by atoms with Gasteiger partial charge in [-0.3, -0.25) is 14.4 Å². The van der Waals surface area contributed by atoms with Gasteiger partial charge in [-0.2, -0.15) is 0 Å². The smallest absolute Gasteiger partial charge is 0.312 e. The Morgan fingerprint density at radius 1 is 1.29 bits per heavy atom. The highest BCUT2D eigenvalue weighted by Gasteiger charge is 2.79. The molecule has 1 spiro atoms. The maximum absolute atomic E-state index is 14.7. The fourth-order valence-electron chi connectivity index (χ4n) is 7.47. The van der Waals surface area contributed by atoms with Gasteiger partial charge in [0.1, 0.15) is 29.7 Å². The maximum atomic E-state index is 14.7. The van der Waals surface area contributed by atoms with Crippen LogP contribution in [0.15, 0.2) is 36.9 Å². The van der Waals surface area contributed by atoms with Crippen molar-refractivity contribution in [2.75, 3.05) is 19.8 Å². The highest BCUT2D eigenvalue weighted by atomic mass is 16.6. The van der Waals surface area contributed by atoms with Gasteiger partial charge in [-0.25, -0.2) is 4.68 Å². The zero-order valence-corrected chi connectivity index (χ0v) is 24.4. The second-order valence-corrected chi connectivity index (χ2v) is 11.9. The van der Waals surface area contributed by atoms with Gasteiger partial charge in [-0.15, -0.1) is 11.7 Å². The molecule has 5 rings (SSSR count). The van der Waals surface area contributed by atoms with E-state index in [2.05, 4.69) is 16.9 Å². The van der Waals surface area contributed by atoms with Crippen LogP contribution in [0.1, 0.15) is 53.4 Å². The molecule has 6 atom stereocenters. The van der Waals surface area contributed by atoms with Gasteiger partial charge in [0.05, 0.1) is 36.3 Å². The van der Waals surface area contributed by atoms with Crippen LogP contribution in [0.3, 0.4) is 0 Å². The molecule has 0 radical (unpaired) electrons. The minimum absolute atomic E-state index is 0.0822. The summed E-state index contributed by atoms with van der Waals surface area (Å²) >= 11 is 0. The number of amides is 2. The first-order valence-corrected chi connectivity index (χ1v) is 14.7. The third-order valence-electron chi connectivity index (χ3n) is 9.13. The quantitative estimate of drug-likeness (QED) is 0.306. The topological polar surface area (TPSA) is 127 Å². The number of carbonyl (C=O) groups is 3. The second kappa shape index (κ2) is 11.2. The maximum Gasteiger partial charge on any atom is 0.312 e. The van der Waals surface area contributed by atoms with E-state index in [0.29, 0.717) is 31.2 Å². The lowest BCUT2D eigenvalue weighted by Crippen LogP contribution is -2.59. The predicted molar refractivity (Wildman–Crippen MR) is 150 cm³/mol. The van der Waals surface area contributed by atoms with Crippen LogP contribution in [0.4, 0.5) is 0 Å². The highest BCUT2D eigenvalue weighted by molar-refractivity contribution is 5.98. The van der Waals surface area contributed by atoms with Crippen molar-refractivity contribution in [3.63, 3.8) is 0 Å². The molecule has 2 unspecified atom stereocenters. The van der Waals surface area contributed by atoms with E-state index in [1.54, 1.807) is 22.6 Å². The minimum Gasteiger partial charge on any atom is -0.466 e. The molecule has 1 aromatic carbocycles. The summed E-state index contributed by atoms with van der Waals surface area (Å²) in [5.74, 6) is -2.68. The normalized spacial score (nSPS) is 29.3. The lowest BCUT2D eigenvalue weighted by molar-refractivity contribution is -0.164. The van der Waals surface area contributed by atoms with Gasteiger partial charge < -0.3 is 24.4 Å². The van der Waals surface area contributed by atoms with Crippen LogP contribution in [-0.2, 0) is 30.5 Å². The molecular formula is C30H41N5O6. The van der Waals surface area contributed by atoms with E-state index in [-0.39, 0.29) is 44.2 Å². The summed E-state index contributed by atoms with van der Waals surface area (Å²) in [6, 6.07) is 5.84.